The number of methoxy groups -OCH3 is 1. The van der Waals surface area contributed by atoms with Crippen molar-refractivity contribution in [2.24, 2.45) is 5.41 Å². The minimum absolute atomic E-state index is 0.0415. The maximum absolute atomic E-state index is 11.9. The van der Waals surface area contributed by atoms with Crippen LogP contribution in [0.4, 0.5) is 0 Å². The van der Waals surface area contributed by atoms with Gasteiger partial charge >= 0.3 is 5.97 Å². The van der Waals surface area contributed by atoms with E-state index in [-0.39, 0.29) is 24.2 Å². The first-order valence-corrected chi connectivity index (χ1v) is 7.05. The quantitative estimate of drug-likeness (QED) is 0.847. The zero-order valence-electron chi connectivity index (χ0n) is 13.0. The number of nitriles is 2. The normalized spacial score (nSPS) is 18.2. The van der Waals surface area contributed by atoms with E-state index in [1.807, 2.05) is 43.3 Å². The molecule has 1 aromatic carbocycles. The first-order chi connectivity index (χ1) is 10.9. The number of carbonyl (C=O) groups is 1. The Balaban J connectivity index is 2.56. The molecule has 0 aromatic heterocycles. The van der Waals surface area contributed by atoms with Gasteiger partial charge in [0.05, 0.1) is 24.8 Å². The number of aliphatic hydroxyl groups is 1. The van der Waals surface area contributed by atoms with Crippen molar-refractivity contribution in [3.8, 4) is 12.1 Å². The second-order valence-electron chi connectivity index (χ2n) is 5.56. The second-order valence-corrected chi connectivity index (χ2v) is 5.56. The largest absolute Gasteiger partial charge is 0.507 e. The number of hydrogen-bond acceptors (Lipinski definition) is 5. The Hall–Kier alpha value is -3.05. The third-order valence-electron chi connectivity index (χ3n) is 3.84. The summed E-state index contributed by atoms with van der Waals surface area (Å²) in [6, 6.07) is 11.5. The molecule has 5 heteroatoms. The number of benzene rings is 1. The van der Waals surface area contributed by atoms with Crippen LogP contribution >= 0.6 is 0 Å². The van der Waals surface area contributed by atoms with E-state index in [4.69, 9.17) is 0 Å². The maximum Gasteiger partial charge on any atom is 0.337 e. The molecule has 1 N–H and O–H groups in total. The molecule has 0 atom stereocenters. The van der Waals surface area contributed by atoms with Crippen molar-refractivity contribution < 1.29 is 14.6 Å². The predicted molar refractivity (Wildman–Crippen MR) is 83.7 cm³/mol. The smallest absolute Gasteiger partial charge is 0.337 e. The second kappa shape index (κ2) is 6.37. The summed E-state index contributed by atoms with van der Waals surface area (Å²) < 4.78 is 4.65. The molecule has 0 heterocycles. The van der Waals surface area contributed by atoms with Gasteiger partial charge in [0, 0.05) is 12.8 Å². The molecule has 0 spiro atoms. The molecule has 0 radical (unpaired) electrons. The summed E-state index contributed by atoms with van der Waals surface area (Å²) in [6.45, 7) is 1.96. The zero-order valence-corrected chi connectivity index (χ0v) is 13.0. The minimum atomic E-state index is -1.38. The van der Waals surface area contributed by atoms with Gasteiger partial charge in [0.25, 0.3) is 0 Å². The van der Waals surface area contributed by atoms with Gasteiger partial charge in [-0.25, -0.2) is 4.79 Å². The van der Waals surface area contributed by atoms with Crippen LogP contribution in [0.5, 0.6) is 0 Å². The summed E-state index contributed by atoms with van der Waals surface area (Å²) in [5.41, 5.74) is 0.859. The highest BCUT2D eigenvalue weighted by Crippen LogP contribution is 2.41. The van der Waals surface area contributed by atoms with E-state index in [0.29, 0.717) is 5.57 Å². The summed E-state index contributed by atoms with van der Waals surface area (Å²) in [4.78, 5) is 11.9. The number of rotatable bonds is 2. The van der Waals surface area contributed by atoms with Crippen LogP contribution in [0.2, 0.25) is 0 Å². The molecule has 23 heavy (non-hydrogen) atoms. The topological polar surface area (TPSA) is 94.1 Å². The van der Waals surface area contributed by atoms with Crippen LogP contribution in [-0.2, 0) is 9.53 Å². The van der Waals surface area contributed by atoms with Crippen LogP contribution in [0, 0.1) is 35.0 Å². The summed E-state index contributed by atoms with van der Waals surface area (Å²) in [7, 11) is 1.20. The van der Waals surface area contributed by atoms with E-state index in [9.17, 15) is 20.4 Å². The third kappa shape index (κ3) is 3.25. The lowest BCUT2D eigenvalue weighted by Gasteiger charge is -2.27. The van der Waals surface area contributed by atoms with Crippen LogP contribution < -0.4 is 0 Å². The Labute approximate surface area is 134 Å². The Morgan fingerprint density at radius 3 is 2.39 bits per heavy atom. The maximum atomic E-state index is 11.9. The summed E-state index contributed by atoms with van der Waals surface area (Å²) >= 11 is 0. The van der Waals surface area contributed by atoms with Crippen molar-refractivity contribution in [2.45, 2.75) is 19.8 Å². The van der Waals surface area contributed by atoms with Crippen molar-refractivity contribution in [1.82, 2.24) is 0 Å². The molecular weight excluding hydrogens is 292 g/mol. The Bertz CT molecular complexity index is 760. The van der Waals surface area contributed by atoms with Gasteiger partial charge in [-0.2, -0.15) is 10.5 Å². The number of aryl methyl sites for hydroxylation is 1. The van der Waals surface area contributed by atoms with E-state index in [1.165, 1.54) is 7.11 Å². The molecule has 2 rings (SSSR count). The van der Waals surface area contributed by atoms with Crippen molar-refractivity contribution >= 4 is 12.0 Å². The molecule has 0 bridgehead atoms. The fourth-order valence-electron chi connectivity index (χ4n) is 2.51. The van der Waals surface area contributed by atoms with Crippen molar-refractivity contribution in [3.63, 3.8) is 0 Å². The SMILES string of the molecule is COC(=O)C1=C(O)/C(=C/c2ccc(C)cc2)CC(C#N)(C#N)C1. The average molecular weight is 308 g/mol. The van der Waals surface area contributed by atoms with Gasteiger partial charge in [-0.1, -0.05) is 29.8 Å². The number of ether oxygens (including phenoxy) is 1. The van der Waals surface area contributed by atoms with Crippen molar-refractivity contribution in [1.29, 1.82) is 10.5 Å². The number of carbonyl (C=O) groups excluding carboxylic acids is 1. The minimum Gasteiger partial charge on any atom is -0.507 e. The van der Waals surface area contributed by atoms with Crippen LogP contribution in [0.25, 0.3) is 6.08 Å². The molecule has 0 saturated heterocycles. The Morgan fingerprint density at radius 1 is 1.26 bits per heavy atom. The van der Waals surface area contributed by atoms with Crippen LogP contribution in [-0.4, -0.2) is 18.2 Å². The zero-order chi connectivity index (χ0) is 17.0. The van der Waals surface area contributed by atoms with E-state index >= 15 is 0 Å². The van der Waals surface area contributed by atoms with Crippen LogP contribution in [0.1, 0.15) is 24.0 Å². The first kappa shape index (κ1) is 16.3. The lowest BCUT2D eigenvalue weighted by molar-refractivity contribution is -0.136. The summed E-state index contributed by atoms with van der Waals surface area (Å²) in [5, 5.41) is 29.1. The van der Waals surface area contributed by atoms with E-state index in [2.05, 4.69) is 4.74 Å². The Kier molecular flexibility index (Phi) is 4.52. The highest BCUT2D eigenvalue weighted by Gasteiger charge is 2.41. The van der Waals surface area contributed by atoms with Gasteiger partial charge in [-0.3, -0.25) is 0 Å². The van der Waals surface area contributed by atoms with Gasteiger partial charge in [-0.15, -0.1) is 0 Å². The number of hydrogen-bond donors (Lipinski definition) is 1. The van der Waals surface area contributed by atoms with Gasteiger partial charge in [0.1, 0.15) is 5.76 Å². The summed E-state index contributed by atoms with van der Waals surface area (Å²) in [6.07, 6.45) is 1.59. The number of allylic oxidation sites excluding steroid dienone is 1. The van der Waals surface area contributed by atoms with Crippen molar-refractivity contribution in [2.75, 3.05) is 7.11 Å². The molecule has 1 aliphatic carbocycles. The van der Waals surface area contributed by atoms with Crippen LogP contribution in [0.15, 0.2) is 41.2 Å². The van der Waals surface area contributed by atoms with Gasteiger partial charge in [0.2, 0.25) is 0 Å². The lowest BCUT2D eigenvalue weighted by Crippen LogP contribution is -2.27. The molecular formula is C18H16N2O3. The van der Waals surface area contributed by atoms with Crippen molar-refractivity contribution in [3.05, 3.63) is 52.3 Å². The molecule has 0 fully saturated rings. The molecule has 1 aliphatic rings. The van der Waals surface area contributed by atoms with Crippen LogP contribution in [0.3, 0.4) is 0 Å². The van der Waals surface area contributed by atoms with Gasteiger partial charge < -0.3 is 9.84 Å². The number of esters is 1. The molecule has 0 amide bonds. The molecule has 0 aliphatic heterocycles. The molecule has 5 nitrogen and oxygen atoms in total. The van der Waals surface area contributed by atoms with Gasteiger partial charge in [-0.05, 0) is 24.1 Å². The predicted octanol–water partition coefficient (Wildman–Crippen LogP) is 3.19. The molecule has 1 aromatic rings. The fraction of sp³-hybridized carbons (Fsp3) is 0.278. The number of nitrogens with zero attached hydrogens (tertiary/aromatic N) is 2. The average Bonchev–Trinajstić information content (AvgIpc) is 2.58. The molecule has 0 saturated carbocycles. The summed E-state index contributed by atoms with van der Waals surface area (Å²) in [5.74, 6) is -0.939. The monoisotopic (exact) mass is 308 g/mol. The van der Waals surface area contributed by atoms with E-state index in [0.717, 1.165) is 11.1 Å². The third-order valence-corrected chi connectivity index (χ3v) is 3.84. The lowest BCUT2D eigenvalue weighted by atomic mass is 9.73. The highest BCUT2D eigenvalue weighted by atomic mass is 16.5. The molecule has 0 unspecified atom stereocenters. The van der Waals surface area contributed by atoms with Gasteiger partial charge in [0.15, 0.2) is 5.41 Å². The Morgan fingerprint density at radius 2 is 1.87 bits per heavy atom. The molecule has 116 valence electrons. The first-order valence-electron chi connectivity index (χ1n) is 7.05. The van der Waals surface area contributed by atoms with E-state index < -0.39 is 11.4 Å². The highest BCUT2D eigenvalue weighted by molar-refractivity contribution is 5.91. The van der Waals surface area contributed by atoms with E-state index in [1.54, 1.807) is 6.08 Å². The fourth-order valence-corrected chi connectivity index (χ4v) is 2.51. The number of aliphatic hydroxyl groups excluding tert-OH is 1. The standard InChI is InChI=1S/C18H16N2O3/c1-12-3-5-13(6-4-12)7-14-8-18(10-19,11-20)9-15(16(14)21)17(22)23-2/h3-7,21H,8-9H2,1-2H3/b14-7+.